The fourth-order valence-electron chi connectivity index (χ4n) is 2.89. The van der Waals surface area contributed by atoms with Crippen molar-refractivity contribution in [2.75, 3.05) is 17.2 Å². The monoisotopic (exact) mass is 286 g/mol. The minimum Gasteiger partial charge on any atom is -0.478 e. The van der Waals surface area contributed by atoms with Gasteiger partial charge in [-0.15, -0.1) is 0 Å². The number of aryl methyl sites for hydroxylation is 1. The molecule has 0 aliphatic carbocycles. The zero-order chi connectivity index (χ0) is 15.6. The van der Waals surface area contributed by atoms with E-state index in [2.05, 4.69) is 6.58 Å². The van der Waals surface area contributed by atoms with Crippen molar-refractivity contribution >= 4 is 17.3 Å². The van der Waals surface area contributed by atoms with Crippen LogP contribution >= 0.6 is 0 Å². The minimum atomic E-state index is -0.927. The third kappa shape index (κ3) is 2.66. The summed E-state index contributed by atoms with van der Waals surface area (Å²) in [5.41, 5.74) is 11.0. The molecule has 4 heteroatoms. The fourth-order valence-corrected chi connectivity index (χ4v) is 2.89. The van der Waals surface area contributed by atoms with E-state index in [0.717, 1.165) is 30.6 Å². The van der Waals surface area contributed by atoms with E-state index < -0.39 is 5.97 Å². The first-order valence-electron chi connectivity index (χ1n) is 7.38. The number of nitrogens with zero attached hydrogens (tertiary/aromatic N) is 1. The Morgan fingerprint density at radius 1 is 1.38 bits per heavy atom. The first-order valence-corrected chi connectivity index (χ1v) is 7.38. The highest BCUT2D eigenvalue weighted by Gasteiger charge is 2.27. The normalized spacial score (nSPS) is 16.2. The van der Waals surface area contributed by atoms with Crippen LogP contribution in [0.2, 0.25) is 0 Å². The third-order valence-electron chi connectivity index (χ3n) is 3.82. The smallest absolute Gasteiger partial charge is 0.337 e. The standard InChI is InChI=1S/C15H16N2O2.C2H6/c1-9-7-11-13(16)5-4-10-3-2-6-17(14(10)11)8-12(9)15(18)19;1-2/h4-5,8H,1-3,6-7,16H2,(H,18,19);1-2H3. The van der Waals surface area contributed by atoms with Crippen molar-refractivity contribution in [3.63, 3.8) is 0 Å². The first-order chi connectivity index (χ1) is 10.1. The molecule has 0 spiro atoms. The summed E-state index contributed by atoms with van der Waals surface area (Å²) < 4.78 is 0. The summed E-state index contributed by atoms with van der Waals surface area (Å²) in [5.74, 6) is -0.927. The topological polar surface area (TPSA) is 66.6 Å². The summed E-state index contributed by atoms with van der Waals surface area (Å²) in [4.78, 5) is 13.4. The predicted molar refractivity (Wildman–Crippen MR) is 86.4 cm³/mol. The van der Waals surface area contributed by atoms with E-state index in [1.54, 1.807) is 6.20 Å². The van der Waals surface area contributed by atoms with Gasteiger partial charge in [0.1, 0.15) is 0 Å². The van der Waals surface area contributed by atoms with Crippen LogP contribution < -0.4 is 10.6 Å². The van der Waals surface area contributed by atoms with Crippen LogP contribution in [-0.2, 0) is 17.6 Å². The zero-order valence-electron chi connectivity index (χ0n) is 12.6. The van der Waals surface area contributed by atoms with Crippen LogP contribution in [-0.4, -0.2) is 17.6 Å². The SMILES string of the molecule is C=C1Cc2c(N)ccc3c2N(C=C1C(=O)O)CCC3.CC. The predicted octanol–water partition coefficient (Wildman–Crippen LogP) is 3.13. The molecule has 1 aromatic rings. The average molecular weight is 286 g/mol. The van der Waals surface area contributed by atoms with Gasteiger partial charge in [0.25, 0.3) is 0 Å². The lowest BCUT2D eigenvalue weighted by Crippen LogP contribution is -2.25. The maximum Gasteiger partial charge on any atom is 0.337 e. The van der Waals surface area contributed by atoms with Crippen LogP contribution in [0.15, 0.2) is 36.1 Å². The van der Waals surface area contributed by atoms with Crippen molar-refractivity contribution in [1.82, 2.24) is 0 Å². The second kappa shape index (κ2) is 6.04. The maximum atomic E-state index is 11.3. The number of hydrogen-bond donors (Lipinski definition) is 2. The van der Waals surface area contributed by atoms with Gasteiger partial charge in [0.2, 0.25) is 0 Å². The number of benzene rings is 1. The second-order valence-corrected chi connectivity index (χ2v) is 5.07. The Bertz CT molecular complexity index is 617. The quantitative estimate of drug-likeness (QED) is 0.778. The van der Waals surface area contributed by atoms with Crippen LogP contribution in [0.3, 0.4) is 0 Å². The van der Waals surface area contributed by atoms with E-state index in [0.29, 0.717) is 17.7 Å². The molecule has 0 radical (unpaired) electrons. The molecule has 0 saturated heterocycles. The van der Waals surface area contributed by atoms with Gasteiger partial charge < -0.3 is 15.7 Å². The summed E-state index contributed by atoms with van der Waals surface area (Å²) in [5, 5.41) is 9.30. The molecule has 1 aromatic carbocycles. The van der Waals surface area contributed by atoms with E-state index in [9.17, 15) is 9.90 Å². The molecule has 21 heavy (non-hydrogen) atoms. The molecular formula is C17H22N2O2. The van der Waals surface area contributed by atoms with Crippen LogP contribution in [0.4, 0.5) is 11.4 Å². The molecule has 3 N–H and O–H groups in total. The average Bonchev–Trinajstić information content (AvgIpc) is 2.64. The van der Waals surface area contributed by atoms with Gasteiger partial charge in [-0.1, -0.05) is 26.5 Å². The number of nitrogen functional groups attached to an aromatic ring is 1. The van der Waals surface area contributed by atoms with E-state index in [4.69, 9.17) is 5.73 Å². The van der Waals surface area contributed by atoms with E-state index in [-0.39, 0.29) is 5.57 Å². The van der Waals surface area contributed by atoms with E-state index in [1.807, 2.05) is 30.9 Å². The van der Waals surface area contributed by atoms with E-state index in [1.165, 1.54) is 5.56 Å². The van der Waals surface area contributed by atoms with Gasteiger partial charge in [-0.2, -0.15) is 0 Å². The summed E-state index contributed by atoms with van der Waals surface area (Å²) in [7, 11) is 0. The third-order valence-corrected chi connectivity index (χ3v) is 3.82. The summed E-state index contributed by atoms with van der Waals surface area (Å²) in [6.07, 6.45) is 4.25. The molecule has 112 valence electrons. The summed E-state index contributed by atoms with van der Waals surface area (Å²) >= 11 is 0. The number of carbonyl (C=O) groups is 1. The molecule has 2 heterocycles. The molecule has 0 aromatic heterocycles. The van der Waals surface area contributed by atoms with Crippen molar-refractivity contribution in [1.29, 1.82) is 0 Å². The lowest BCUT2D eigenvalue weighted by Gasteiger charge is -2.30. The largest absolute Gasteiger partial charge is 0.478 e. The number of carboxylic acid groups (broad SMARTS) is 1. The van der Waals surface area contributed by atoms with Crippen LogP contribution in [0.1, 0.15) is 31.4 Å². The highest BCUT2D eigenvalue weighted by Crippen LogP contribution is 2.39. The van der Waals surface area contributed by atoms with Crippen molar-refractivity contribution in [3.8, 4) is 0 Å². The second-order valence-electron chi connectivity index (χ2n) is 5.07. The van der Waals surface area contributed by atoms with Crippen LogP contribution in [0.25, 0.3) is 0 Å². The van der Waals surface area contributed by atoms with Crippen molar-refractivity contribution in [2.45, 2.75) is 33.1 Å². The number of nitrogens with two attached hydrogens (primary N) is 1. The molecule has 0 amide bonds. The Hall–Kier alpha value is -2.23. The number of anilines is 2. The Balaban J connectivity index is 0.000000774. The Morgan fingerprint density at radius 3 is 2.76 bits per heavy atom. The van der Waals surface area contributed by atoms with Crippen LogP contribution in [0.5, 0.6) is 0 Å². The molecule has 3 rings (SSSR count). The molecule has 0 fully saturated rings. The number of aliphatic carboxylic acids is 1. The Kier molecular flexibility index (Phi) is 4.36. The molecule has 2 aliphatic rings. The number of hydrogen-bond acceptors (Lipinski definition) is 3. The van der Waals surface area contributed by atoms with Gasteiger partial charge in [-0.25, -0.2) is 4.79 Å². The molecule has 2 aliphatic heterocycles. The van der Waals surface area contributed by atoms with Gasteiger partial charge in [-0.3, -0.25) is 0 Å². The number of carboxylic acids is 1. The lowest BCUT2D eigenvalue weighted by molar-refractivity contribution is -0.132. The minimum absolute atomic E-state index is 0.281. The van der Waals surface area contributed by atoms with Crippen molar-refractivity contribution < 1.29 is 9.90 Å². The van der Waals surface area contributed by atoms with Gasteiger partial charge in [0, 0.05) is 36.1 Å². The molecule has 0 atom stereocenters. The van der Waals surface area contributed by atoms with Gasteiger partial charge in [0.05, 0.1) is 5.57 Å². The number of rotatable bonds is 1. The van der Waals surface area contributed by atoms with Gasteiger partial charge >= 0.3 is 5.97 Å². The fraction of sp³-hybridized carbons (Fsp3) is 0.353. The van der Waals surface area contributed by atoms with Crippen LogP contribution in [0, 0.1) is 0 Å². The van der Waals surface area contributed by atoms with E-state index >= 15 is 0 Å². The lowest BCUT2D eigenvalue weighted by atomic mass is 9.94. The van der Waals surface area contributed by atoms with Crippen molar-refractivity contribution in [3.05, 3.63) is 47.2 Å². The molecular weight excluding hydrogens is 264 g/mol. The summed E-state index contributed by atoms with van der Waals surface area (Å²) in [6, 6.07) is 3.96. The first kappa shape index (κ1) is 15.2. The Morgan fingerprint density at radius 2 is 2.10 bits per heavy atom. The molecule has 0 saturated carbocycles. The van der Waals surface area contributed by atoms with Gasteiger partial charge in [-0.05, 0) is 30.0 Å². The van der Waals surface area contributed by atoms with Crippen molar-refractivity contribution in [2.24, 2.45) is 0 Å². The maximum absolute atomic E-state index is 11.3. The highest BCUT2D eigenvalue weighted by atomic mass is 16.4. The molecule has 4 nitrogen and oxygen atoms in total. The highest BCUT2D eigenvalue weighted by molar-refractivity contribution is 5.93. The molecule has 0 bridgehead atoms. The molecule has 0 unspecified atom stereocenters. The Labute approximate surface area is 125 Å². The zero-order valence-corrected chi connectivity index (χ0v) is 12.6. The van der Waals surface area contributed by atoms with Gasteiger partial charge in [0.15, 0.2) is 0 Å². The summed E-state index contributed by atoms with van der Waals surface area (Å²) in [6.45, 7) is 8.73.